The van der Waals surface area contributed by atoms with E-state index in [1.54, 1.807) is 17.2 Å². The summed E-state index contributed by atoms with van der Waals surface area (Å²) < 4.78 is 0. The van der Waals surface area contributed by atoms with Gasteiger partial charge in [0, 0.05) is 0 Å². The Kier molecular flexibility index (Phi) is 3.06. The highest BCUT2D eigenvalue weighted by Crippen LogP contribution is 2.12. The molecule has 0 saturated heterocycles. The van der Waals surface area contributed by atoms with Gasteiger partial charge in [-0.05, 0) is 18.1 Å². The molecule has 0 bridgehead atoms. The summed E-state index contributed by atoms with van der Waals surface area (Å²) >= 11 is 0. The Bertz CT molecular complexity index is 413. The molecule has 0 fully saturated rings. The highest BCUT2D eigenvalue weighted by molar-refractivity contribution is 5.39. The van der Waals surface area contributed by atoms with Gasteiger partial charge in [-0.3, -0.25) is 0 Å². The van der Waals surface area contributed by atoms with E-state index < -0.39 is 0 Å². The highest BCUT2D eigenvalue weighted by atomic mass is 16.6. The first kappa shape index (κ1) is 9.82. The average Bonchev–Trinajstić information content (AvgIpc) is 2.80. The van der Waals surface area contributed by atoms with Crippen LogP contribution >= 0.6 is 0 Å². The van der Waals surface area contributed by atoms with E-state index in [4.69, 9.17) is 5.90 Å². The zero-order valence-electron chi connectivity index (χ0n) is 8.21. The first-order valence-electron chi connectivity index (χ1n) is 4.68. The molecule has 1 aromatic heterocycles. The van der Waals surface area contributed by atoms with Crippen molar-refractivity contribution in [1.29, 1.82) is 0 Å². The third-order valence-electron chi connectivity index (χ3n) is 2.12. The molecule has 0 aliphatic rings. The summed E-state index contributed by atoms with van der Waals surface area (Å²) in [5.74, 6) is 5.01. The number of nitrogens with two attached hydrogens (primary N) is 1. The van der Waals surface area contributed by atoms with Gasteiger partial charge in [0.2, 0.25) is 0 Å². The largest absolute Gasteiger partial charge is 0.304 e. The van der Waals surface area contributed by atoms with E-state index in [0.717, 1.165) is 17.7 Å². The summed E-state index contributed by atoms with van der Waals surface area (Å²) in [7, 11) is 0. The van der Waals surface area contributed by atoms with E-state index in [-0.39, 0.29) is 0 Å². The van der Waals surface area contributed by atoms with Crippen molar-refractivity contribution >= 4 is 0 Å². The van der Waals surface area contributed by atoms with Crippen molar-refractivity contribution in [2.45, 2.75) is 6.42 Å². The number of aromatic nitrogens is 3. The normalized spacial score (nSPS) is 10.5. The molecule has 0 saturated carbocycles. The number of hydrogen-bond donors (Lipinski definition) is 1. The smallest absolute Gasteiger partial charge is 0.0889 e. The van der Waals surface area contributed by atoms with Crippen LogP contribution in [0.25, 0.3) is 5.69 Å². The summed E-state index contributed by atoms with van der Waals surface area (Å²) in [6, 6.07) is 7.90. The van der Waals surface area contributed by atoms with Gasteiger partial charge in [-0.2, -0.15) is 15.0 Å². The Labute approximate surface area is 87.4 Å². The van der Waals surface area contributed by atoms with Gasteiger partial charge in [0.25, 0.3) is 0 Å². The summed E-state index contributed by atoms with van der Waals surface area (Å²) in [5, 5.41) is 8.18. The van der Waals surface area contributed by atoms with Crippen molar-refractivity contribution in [2.75, 3.05) is 6.61 Å². The summed E-state index contributed by atoms with van der Waals surface area (Å²) in [5.41, 5.74) is 2.07. The lowest BCUT2D eigenvalue weighted by atomic mass is 10.1. The molecule has 0 unspecified atom stereocenters. The number of benzene rings is 1. The molecule has 0 radical (unpaired) electrons. The topological polar surface area (TPSA) is 66.0 Å². The van der Waals surface area contributed by atoms with Gasteiger partial charge in [0.05, 0.1) is 24.7 Å². The highest BCUT2D eigenvalue weighted by Gasteiger charge is 2.04. The van der Waals surface area contributed by atoms with Gasteiger partial charge in [0.1, 0.15) is 0 Å². The number of hydrogen-bond acceptors (Lipinski definition) is 4. The lowest BCUT2D eigenvalue weighted by Gasteiger charge is -2.06. The Morgan fingerprint density at radius 1 is 1.20 bits per heavy atom. The molecule has 0 spiro atoms. The minimum Gasteiger partial charge on any atom is -0.304 e. The van der Waals surface area contributed by atoms with E-state index in [9.17, 15) is 0 Å². The fourth-order valence-corrected chi connectivity index (χ4v) is 1.43. The van der Waals surface area contributed by atoms with Crippen molar-refractivity contribution < 1.29 is 4.84 Å². The third kappa shape index (κ3) is 2.20. The van der Waals surface area contributed by atoms with Gasteiger partial charge < -0.3 is 4.84 Å². The molecule has 0 amide bonds. The predicted octanol–water partition coefficient (Wildman–Crippen LogP) is 0.700. The SMILES string of the molecule is NOCCc1ccccc1-n1nccn1. The molecular formula is C10H12N4O. The second-order valence-corrected chi connectivity index (χ2v) is 3.07. The van der Waals surface area contributed by atoms with Crippen LogP contribution in [0.1, 0.15) is 5.56 Å². The molecule has 0 aliphatic carbocycles. The Morgan fingerprint density at radius 3 is 2.67 bits per heavy atom. The van der Waals surface area contributed by atoms with Crippen LogP contribution in [0.2, 0.25) is 0 Å². The monoisotopic (exact) mass is 204 g/mol. The quantitative estimate of drug-likeness (QED) is 0.744. The zero-order valence-corrected chi connectivity index (χ0v) is 8.21. The molecule has 5 heteroatoms. The molecule has 78 valence electrons. The second kappa shape index (κ2) is 4.68. The molecule has 0 atom stereocenters. The number of nitrogens with zero attached hydrogens (tertiary/aromatic N) is 3. The van der Waals surface area contributed by atoms with Gasteiger partial charge in [-0.1, -0.05) is 18.2 Å². The maximum absolute atomic E-state index is 5.01. The molecular weight excluding hydrogens is 192 g/mol. The summed E-state index contributed by atoms with van der Waals surface area (Å²) in [4.78, 5) is 6.16. The van der Waals surface area contributed by atoms with Gasteiger partial charge in [-0.15, -0.1) is 0 Å². The van der Waals surface area contributed by atoms with Crippen LogP contribution in [0.3, 0.4) is 0 Å². The minimum atomic E-state index is 0.484. The second-order valence-electron chi connectivity index (χ2n) is 3.07. The minimum absolute atomic E-state index is 0.484. The fourth-order valence-electron chi connectivity index (χ4n) is 1.43. The Balaban J connectivity index is 2.30. The molecule has 0 aliphatic heterocycles. The average molecular weight is 204 g/mol. The Hall–Kier alpha value is -1.72. The van der Waals surface area contributed by atoms with E-state index in [0.29, 0.717) is 6.61 Å². The van der Waals surface area contributed by atoms with Crippen molar-refractivity contribution in [3.63, 3.8) is 0 Å². The van der Waals surface area contributed by atoms with Crippen molar-refractivity contribution in [1.82, 2.24) is 15.0 Å². The van der Waals surface area contributed by atoms with E-state index in [2.05, 4.69) is 15.0 Å². The molecule has 2 aromatic rings. The fraction of sp³-hybridized carbons (Fsp3) is 0.200. The lowest BCUT2D eigenvalue weighted by Crippen LogP contribution is -2.08. The van der Waals surface area contributed by atoms with Crippen molar-refractivity contribution in [3.05, 3.63) is 42.2 Å². The molecule has 2 N–H and O–H groups in total. The predicted molar refractivity (Wildman–Crippen MR) is 55.2 cm³/mol. The summed E-state index contributed by atoms with van der Waals surface area (Å²) in [6.45, 7) is 0.484. The number of rotatable bonds is 4. The van der Waals surface area contributed by atoms with E-state index in [1.165, 1.54) is 0 Å². The standard InChI is InChI=1S/C10H12N4O/c11-15-8-5-9-3-1-2-4-10(9)14-12-6-7-13-14/h1-4,6-7H,5,8,11H2. The van der Waals surface area contributed by atoms with Crippen LogP contribution in [0.4, 0.5) is 0 Å². The maximum Gasteiger partial charge on any atom is 0.0889 e. The van der Waals surface area contributed by atoms with Crippen LogP contribution in [-0.4, -0.2) is 21.6 Å². The van der Waals surface area contributed by atoms with Gasteiger partial charge in [-0.25, -0.2) is 5.90 Å². The number of para-hydroxylation sites is 1. The first-order chi connectivity index (χ1) is 7.42. The third-order valence-corrected chi connectivity index (χ3v) is 2.12. The van der Waals surface area contributed by atoms with Crippen molar-refractivity contribution in [3.8, 4) is 5.69 Å². The molecule has 1 aromatic carbocycles. The molecule has 2 rings (SSSR count). The van der Waals surface area contributed by atoms with Crippen molar-refractivity contribution in [2.24, 2.45) is 5.90 Å². The van der Waals surface area contributed by atoms with Crippen LogP contribution < -0.4 is 5.90 Å². The molecule has 5 nitrogen and oxygen atoms in total. The lowest BCUT2D eigenvalue weighted by molar-refractivity contribution is 0.141. The molecule has 1 heterocycles. The van der Waals surface area contributed by atoms with Crippen LogP contribution in [-0.2, 0) is 11.3 Å². The van der Waals surface area contributed by atoms with Crippen LogP contribution in [0.5, 0.6) is 0 Å². The first-order valence-corrected chi connectivity index (χ1v) is 4.68. The van der Waals surface area contributed by atoms with E-state index in [1.807, 2.05) is 24.3 Å². The van der Waals surface area contributed by atoms with Gasteiger partial charge >= 0.3 is 0 Å². The molecule has 15 heavy (non-hydrogen) atoms. The zero-order chi connectivity index (χ0) is 10.5. The van der Waals surface area contributed by atoms with Crippen LogP contribution in [0, 0.1) is 0 Å². The Morgan fingerprint density at radius 2 is 1.93 bits per heavy atom. The van der Waals surface area contributed by atoms with Gasteiger partial charge in [0.15, 0.2) is 0 Å². The maximum atomic E-state index is 5.01. The summed E-state index contributed by atoms with van der Waals surface area (Å²) in [6.07, 6.45) is 4.04. The van der Waals surface area contributed by atoms with Crippen LogP contribution in [0.15, 0.2) is 36.7 Å². The van der Waals surface area contributed by atoms with E-state index >= 15 is 0 Å².